The van der Waals surface area contributed by atoms with Crippen molar-refractivity contribution in [3.63, 3.8) is 0 Å². The maximum absolute atomic E-state index is 12.8. The normalized spacial score (nSPS) is 21.9. The fourth-order valence-corrected chi connectivity index (χ4v) is 6.06. The van der Waals surface area contributed by atoms with E-state index in [9.17, 15) is 18.0 Å². The van der Waals surface area contributed by atoms with Gasteiger partial charge >= 0.3 is 6.18 Å². The van der Waals surface area contributed by atoms with Crippen LogP contribution in [0.4, 0.5) is 13.2 Å². The molecule has 1 aromatic carbocycles. The minimum absolute atomic E-state index is 0.0727. The molecular formula is C26H28F3N5OS. The summed E-state index contributed by atoms with van der Waals surface area (Å²) in [7, 11) is 1.93. The molecule has 1 spiro atoms. The van der Waals surface area contributed by atoms with Crippen molar-refractivity contribution in [2.24, 2.45) is 12.5 Å². The predicted octanol–water partition coefficient (Wildman–Crippen LogP) is 5.46. The molecule has 2 aromatic heterocycles. The largest absolute Gasteiger partial charge is 0.416 e. The zero-order chi connectivity index (χ0) is 25.5. The molecule has 0 bridgehead atoms. The number of thioether (sulfide) groups is 1. The number of hydrogen-bond donors (Lipinski definition) is 0. The van der Waals surface area contributed by atoms with Gasteiger partial charge in [-0.3, -0.25) is 9.78 Å². The maximum Gasteiger partial charge on any atom is 0.416 e. The van der Waals surface area contributed by atoms with Gasteiger partial charge in [0.1, 0.15) is 5.69 Å². The number of carbonyl (C=O) groups is 1. The molecule has 10 heteroatoms. The highest BCUT2D eigenvalue weighted by atomic mass is 32.2. The zero-order valence-electron chi connectivity index (χ0n) is 20.3. The number of Topliss-reactive ketones (excluding diaryl/α,β-unsaturated/α-hetero) is 1. The zero-order valence-corrected chi connectivity index (χ0v) is 21.1. The van der Waals surface area contributed by atoms with Crippen LogP contribution in [0.2, 0.25) is 0 Å². The Bertz CT molecular complexity index is 1240. The van der Waals surface area contributed by atoms with Crippen LogP contribution in [-0.2, 0) is 13.2 Å². The van der Waals surface area contributed by atoms with E-state index in [1.165, 1.54) is 19.1 Å². The molecule has 1 saturated heterocycles. The van der Waals surface area contributed by atoms with Crippen LogP contribution in [-0.4, -0.2) is 55.8 Å². The van der Waals surface area contributed by atoms with Gasteiger partial charge in [-0.25, -0.2) is 0 Å². The first kappa shape index (κ1) is 25.0. The van der Waals surface area contributed by atoms with E-state index < -0.39 is 11.7 Å². The van der Waals surface area contributed by atoms with Crippen LogP contribution in [0.15, 0.2) is 47.8 Å². The molecule has 3 heterocycles. The molecule has 1 aliphatic carbocycles. The molecule has 0 radical (unpaired) electrons. The molecule has 36 heavy (non-hydrogen) atoms. The summed E-state index contributed by atoms with van der Waals surface area (Å²) in [4.78, 5) is 18.1. The van der Waals surface area contributed by atoms with E-state index in [2.05, 4.69) is 20.1 Å². The summed E-state index contributed by atoms with van der Waals surface area (Å²) in [5, 5.41) is 9.44. The molecule has 1 saturated carbocycles. The summed E-state index contributed by atoms with van der Waals surface area (Å²) in [5.41, 5.74) is 1.93. The van der Waals surface area contributed by atoms with E-state index in [1.807, 2.05) is 17.7 Å². The lowest BCUT2D eigenvalue weighted by Gasteiger charge is -2.16. The number of hydrogen-bond acceptors (Lipinski definition) is 6. The van der Waals surface area contributed by atoms with Crippen LogP contribution >= 0.6 is 11.8 Å². The van der Waals surface area contributed by atoms with Crippen LogP contribution in [0, 0.1) is 5.41 Å². The molecule has 2 atom stereocenters. The average molecular weight is 516 g/mol. The van der Waals surface area contributed by atoms with Crippen molar-refractivity contribution < 1.29 is 18.0 Å². The first-order chi connectivity index (χ1) is 17.2. The number of alkyl halides is 3. The number of aromatic nitrogens is 4. The highest BCUT2D eigenvalue weighted by molar-refractivity contribution is 7.99. The number of likely N-dealkylation sites (tertiary alicyclic amines) is 1. The lowest BCUT2D eigenvalue weighted by atomic mass is 9.97. The van der Waals surface area contributed by atoms with Crippen molar-refractivity contribution in [1.82, 2.24) is 24.6 Å². The second-order valence-electron chi connectivity index (χ2n) is 9.82. The van der Waals surface area contributed by atoms with Gasteiger partial charge in [0.25, 0.3) is 0 Å². The van der Waals surface area contributed by atoms with Gasteiger partial charge in [0.2, 0.25) is 0 Å². The summed E-state index contributed by atoms with van der Waals surface area (Å²) >= 11 is 1.67. The van der Waals surface area contributed by atoms with Crippen molar-refractivity contribution in [3.8, 4) is 11.4 Å². The minimum atomic E-state index is -4.28. The van der Waals surface area contributed by atoms with Crippen molar-refractivity contribution in [2.75, 3.05) is 25.4 Å². The molecule has 0 amide bonds. The van der Waals surface area contributed by atoms with Gasteiger partial charge in [0, 0.05) is 38.0 Å². The first-order valence-electron chi connectivity index (χ1n) is 12.1. The van der Waals surface area contributed by atoms with E-state index in [-0.39, 0.29) is 11.2 Å². The Balaban J connectivity index is 1.09. The number of ketones is 1. The van der Waals surface area contributed by atoms with Gasteiger partial charge in [-0.1, -0.05) is 23.9 Å². The van der Waals surface area contributed by atoms with Crippen LogP contribution in [0.1, 0.15) is 53.7 Å². The fourth-order valence-electron chi connectivity index (χ4n) is 5.23. The molecule has 190 valence electrons. The molecule has 0 unspecified atom stereocenters. The van der Waals surface area contributed by atoms with E-state index in [0.29, 0.717) is 17.4 Å². The van der Waals surface area contributed by atoms with Crippen molar-refractivity contribution >= 4 is 17.5 Å². The third-order valence-electron chi connectivity index (χ3n) is 7.36. The highest BCUT2D eigenvalue weighted by Crippen LogP contribution is 2.64. The predicted molar refractivity (Wildman–Crippen MR) is 132 cm³/mol. The highest BCUT2D eigenvalue weighted by Gasteiger charge is 2.57. The second-order valence-corrected chi connectivity index (χ2v) is 10.9. The Morgan fingerprint density at radius 2 is 1.94 bits per heavy atom. The Morgan fingerprint density at radius 3 is 2.61 bits per heavy atom. The Morgan fingerprint density at radius 1 is 1.17 bits per heavy atom. The quantitative estimate of drug-likeness (QED) is 0.226. The smallest absolute Gasteiger partial charge is 0.305 e. The molecule has 3 aromatic rings. The van der Waals surface area contributed by atoms with E-state index in [4.69, 9.17) is 0 Å². The summed E-state index contributed by atoms with van der Waals surface area (Å²) in [6.07, 6.45) is 0.549. The summed E-state index contributed by atoms with van der Waals surface area (Å²) in [6.45, 7) is 4.54. The van der Waals surface area contributed by atoms with E-state index in [0.717, 1.165) is 60.9 Å². The molecule has 6 nitrogen and oxygen atoms in total. The SMILES string of the molecule is CC(=O)c1ccc(-c2nnc(SCCCN3CC[C@@]4(C[C@@H]4c4ccc(C(F)(F)F)cc4)C3)n2C)cn1. The molecule has 2 aliphatic rings. The standard InChI is InChI=1S/C26H28F3N5OS/c1-17(35)22-9-6-19(15-30-22)23-31-32-24(33(23)2)36-13-3-11-34-12-10-25(16-34)14-21(25)18-4-7-20(8-5-18)26(27,28)29/h4-9,15,21H,3,10-14,16H2,1-2H3/t21-,25-/m1/s1. The first-order valence-corrected chi connectivity index (χ1v) is 13.0. The Labute approximate surface area is 212 Å². The van der Waals surface area contributed by atoms with E-state index in [1.54, 1.807) is 36.2 Å². The molecule has 5 rings (SSSR count). The molecule has 2 fully saturated rings. The van der Waals surface area contributed by atoms with Crippen LogP contribution in [0.25, 0.3) is 11.4 Å². The monoisotopic (exact) mass is 515 g/mol. The van der Waals surface area contributed by atoms with Gasteiger partial charge in [0.15, 0.2) is 16.8 Å². The second kappa shape index (κ2) is 9.63. The van der Waals surface area contributed by atoms with Gasteiger partial charge < -0.3 is 9.47 Å². The van der Waals surface area contributed by atoms with Gasteiger partial charge in [0.05, 0.1) is 5.56 Å². The third kappa shape index (κ3) is 5.06. The number of halogens is 3. The van der Waals surface area contributed by atoms with Crippen molar-refractivity contribution in [3.05, 3.63) is 59.4 Å². The maximum atomic E-state index is 12.8. The lowest BCUT2D eigenvalue weighted by molar-refractivity contribution is -0.137. The van der Waals surface area contributed by atoms with Gasteiger partial charge in [-0.2, -0.15) is 13.2 Å². The Hall–Kier alpha value is -2.72. The number of benzene rings is 1. The topological polar surface area (TPSA) is 63.9 Å². The lowest BCUT2D eigenvalue weighted by Crippen LogP contribution is -2.23. The van der Waals surface area contributed by atoms with Crippen LogP contribution in [0.3, 0.4) is 0 Å². The average Bonchev–Trinajstić information content (AvgIpc) is 3.20. The summed E-state index contributed by atoms with van der Waals surface area (Å²) < 4.78 is 40.5. The molecule has 0 N–H and O–H groups in total. The van der Waals surface area contributed by atoms with E-state index >= 15 is 0 Å². The Kier molecular flexibility index (Phi) is 6.67. The number of nitrogens with zero attached hydrogens (tertiary/aromatic N) is 5. The third-order valence-corrected chi connectivity index (χ3v) is 8.47. The van der Waals surface area contributed by atoms with Crippen LogP contribution in [0.5, 0.6) is 0 Å². The fraction of sp³-hybridized carbons (Fsp3) is 0.462. The van der Waals surface area contributed by atoms with Crippen LogP contribution < -0.4 is 0 Å². The van der Waals surface area contributed by atoms with Gasteiger partial charge in [-0.15, -0.1) is 10.2 Å². The van der Waals surface area contributed by atoms with Gasteiger partial charge in [-0.05, 0) is 73.5 Å². The van der Waals surface area contributed by atoms with Crippen molar-refractivity contribution in [1.29, 1.82) is 0 Å². The molecular weight excluding hydrogens is 487 g/mol. The minimum Gasteiger partial charge on any atom is -0.305 e. The number of rotatable bonds is 8. The number of pyridine rings is 1. The summed E-state index contributed by atoms with van der Waals surface area (Å²) in [5.74, 6) is 1.93. The number of carbonyl (C=O) groups excluding carboxylic acids is 1. The van der Waals surface area contributed by atoms with Crippen molar-refractivity contribution in [2.45, 2.75) is 43.4 Å². The molecule has 1 aliphatic heterocycles. The summed E-state index contributed by atoms with van der Waals surface area (Å²) in [6, 6.07) is 9.27.